The SMILES string of the molecule is CC(C)Oc1ccc([C@H](CC[NH2+]Cc2ccccc2)C(C)C)cc1. The highest BCUT2D eigenvalue weighted by molar-refractivity contribution is 5.30. The van der Waals surface area contributed by atoms with Crippen LogP contribution in [0.1, 0.15) is 51.2 Å². The maximum absolute atomic E-state index is 5.75. The Kier molecular flexibility index (Phi) is 7.33. The van der Waals surface area contributed by atoms with Crippen LogP contribution >= 0.6 is 0 Å². The molecule has 0 aliphatic rings. The highest BCUT2D eigenvalue weighted by Gasteiger charge is 2.16. The first-order valence-corrected chi connectivity index (χ1v) is 9.18. The van der Waals surface area contributed by atoms with Crippen molar-refractivity contribution >= 4 is 0 Å². The molecule has 0 saturated carbocycles. The van der Waals surface area contributed by atoms with Crippen LogP contribution in [0.5, 0.6) is 5.75 Å². The molecule has 0 aliphatic heterocycles. The lowest BCUT2D eigenvalue weighted by Gasteiger charge is -2.21. The van der Waals surface area contributed by atoms with E-state index in [9.17, 15) is 0 Å². The summed E-state index contributed by atoms with van der Waals surface area (Å²) in [6, 6.07) is 19.4. The molecule has 0 bridgehead atoms. The van der Waals surface area contributed by atoms with E-state index in [1.807, 2.05) is 0 Å². The summed E-state index contributed by atoms with van der Waals surface area (Å²) in [5.74, 6) is 2.21. The first kappa shape index (κ1) is 18.5. The van der Waals surface area contributed by atoms with E-state index in [1.165, 1.54) is 17.5 Å². The summed E-state index contributed by atoms with van der Waals surface area (Å²) in [5.41, 5.74) is 2.82. The zero-order valence-electron chi connectivity index (χ0n) is 15.5. The van der Waals surface area contributed by atoms with Gasteiger partial charge in [0.15, 0.2) is 0 Å². The Labute approximate surface area is 147 Å². The predicted octanol–water partition coefficient (Wildman–Crippen LogP) is 4.37. The topological polar surface area (TPSA) is 25.8 Å². The van der Waals surface area contributed by atoms with E-state index in [-0.39, 0.29) is 6.10 Å². The number of hydrogen-bond donors (Lipinski definition) is 1. The lowest BCUT2D eigenvalue weighted by atomic mass is 9.86. The van der Waals surface area contributed by atoms with E-state index in [0.29, 0.717) is 11.8 Å². The summed E-state index contributed by atoms with van der Waals surface area (Å²) in [5, 5.41) is 2.42. The second-order valence-corrected chi connectivity index (χ2v) is 7.14. The molecular weight excluding hydrogens is 294 g/mol. The highest BCUT2D eigenvalue weighted by Crippen LogP contribution is 2.28. The average molecular weight is 327 g/mol. The number of ether oxygens (including phenoxy) is 1. The second kappa shape index (κ2) is 9.48. The molecule has 2 nitrogen and oxygen atoms in total. The van der Waals surface area contributed by atoms with Crippen LogP contribution in [-0.4, -0.2) is 12.6 Å². The van der Waals surface area contributed by atoms with Gasteiger partial charge in [0, 0.05) is 12.0 Å². The minimum atomic E-state index is 0.226. The molecular formula is C22H32NO+. The summed E-state index contributed by atoms with van der Waals surface area (Å²) in [6.45, 7) is 11.0. The van der Waals surface area contributed by atoms with Crippen molar-refractivity contribution in [1.29, 1.82) is 0 Å². The molecule has 0 aromatic heterocycles. The van der Waals surface area contributed by atoms with Gasteiger partial charge < -0.3 is 10.1 Å². The van der Waals surface area contributed by atoms with Crippen LogP contribution in [0.15, 0.2) is 54.6 Å². The van der Waals surface area contributed by atoms with Crippen molar-refractivity contribution in [2.24, 2.45) is 5.92 Å². The van der Waals surface area contributed by atoms with Crippen LogP contribution in [0.4, 0.5) is 0 Å². The Balaban J connectivity index is 1.87. The van der Waals surface area contributed by atoms with Crippen LogP contribution in [0.3, 0.4) is 0 Å². The first-order valence-electron chi connectivity index (χ1n) is 9.18. The Bertz CT molecular complexity index is 575. The molecule has 0 fully saturated rings. The summed E-state index contributed by atoms with van der Waals surface area (Å²) in [7, 11) is 0. The molecule has 2 aromatic rings. The predicted molar refractivity (Wildman–Crippen MR) is 101 cm³/mol. The van der Waals surface area contributed by atoms with Gasteiger partial charge in [0.25, 0.3) is 0 Å². The standard InChI is InChI=1S/C22H31NO/c1-17(2)22(14-15-23-16-19-8-6-5-7-9-19)20-10-12-21(13-11-20)24-18(3)4/h5-13,17-18,22-23H,14-16H2,1-4H3/p+1/t22-/m1/s1. The molecule has 24 heavy (non-hydrogen) atoms. The molecule has 2 rings (SSSR count). The Hall–Kier alpha value is -1.80. The maximum atomic E-state index is 5.75. The average Bonchev–Trinajstić information content (AvgIpc) is 2.56. The van der Waals surface area contributed by atoms with Crippen LogP contribution in [-0.2, 0) is 6.54 Å². The molecule has 1 atom stereocenters. The molecule has 0 unspecified atom stereocenters. The lowest BCUT2D eigenvalue weighted by molar-refractivity contribution is -0.671. The Morgan fingerprint density at radius 2 is 1.54 bits per heavy atom. The fourth-order valence-corrected chi connectivity index (χ4v) is 3.13. The number of quaternary nitrogens is 1. The third-order valence-corrected chi connectivity index (χ3v) is 4.39. The lowest BCUT2D eigenvalue weighted by Crippen LogP contribution is -2.82. The third kappa shape index (κ3) is 6.01. The van der Waals surface area contributed by atoms with Crippen molar-refractivity contribution in [2.75, 3.05) is 6.54 Å². The van der Waals surface area contributed by atoms with Crippen LogP contribution in [0.25, 0.3) is 0 Å². The minimum absolute atomic E-state index is 0.226. The zero-order chi connectivity index (χ0) is 17.4. The molecule has 2 heteroatoms. The molecule has 0 heterocycles. The Morgan fingerprint density at radius 1 is 0.875 bits per heavy atom. The summed E-state index contributed by atoms with van der Waals surface area (Å²) in [6.07, 6.45) is 1.43. The quantitative estimate of drug-likeness (QED) is 0.680. The fourth-order valence-electron chi connectivity index (χ4n) is 3.13. The molecule has 2 N–H and O–H groups in total. The molecule has 0 saturated heterocycles. The smallest absolute Gasteiger partial charge is 0.119 e. The highest BCUT2D eigenvalue weighted by atomic mass is 16.5. The monoisotopic (exact) mass is 326 g/mol. The minimum Gasteiger partial charge on any atom is -0.491 e. The van der Waals surface area contributed by atoms with Gasteiger partial charge in [-0.2, -0.15) is 0 Å². The van der Waals surface area contributed by atoms with E-state index >= 15 is 0 Å². The largest absolute Gasteiger partial charge is 0.491 e. The molecule has 130 valence electrons. The molecule has 0 spiro atoms. The summed E-state index contributed by atoms with van der Waals surface area (Å²) in [4.78, 5) is 0. The van der Waals surface area contributed by atoms with E-state index in [1.54, 1.807) is 0 Å². The van der Waals surface area contributed by atoms with E-state index in [2.05, 4.69) is 87.6 Å². The van der Waals surface area contributed by atoms with E-state index in [4.69, 9.17) is 4.74 Å². The first-order chi connectivity index (χ1) is 11.6. The second-order valence-electron chi connectivity index (χ2n) is 7.14. The van der Waals surface area contributed by atoms with Crippen molar-refractivity contribution in [3.05, 3.63) is 65.7 Å². The van der Waals surface area contributed by atoms with Crippen molar-refractivity contribution in [1.82, 2.24) is 0 Å². The van der Waals surface area contributed by atoms with Gasteiger partial charge in [-0.3, -0.25) is 0 Å². The van der Waals surface area contributed by atoms with Crippen molar-refractivity contribution in [3.63, 3.8) is 0 Å². The molecule has 2 aromatic carbocycles. The number of nitrogens with two attached hydrogens (primary N) is 1. The van der Waals surface area contributed by atoms with Crippen LogP contribution in [0, 0.1) is 5.92 Å². The number of benzene rings is 2. The van der Waals surface area contributed by atoms with Gasteiger partial charge in [-0.05, 0) is 43.4 Å². The van der Waals surface area contributed by atoms with Crippen LogP contribution < -0.4 is 10.1 Å². The molecule has 0 aliphatic carbocycles. The van der Waals surface area contributed by atoms with Gasteiger partial charge in [0.05, 0.1) is 12.6 Å². The maximum Gasteiger partial charge on any atom is 0.119 e. The number of rotatable bonds is 9. The summed E-state index contributed by atoms with van der Waals surface area (Å²) < 4.78 is 5.75. The normalized spacial score (nSPS) is 12.6. The van der Waals surface area contributed by atoms with E-state index in [0.717, 1.165) is 18.8 Å². The number of hydrogen-bond acceptors (Lipinski definition) is 1. The van der Waals surface area contributed by atoms with Gasteiger partial charge in [-0.25, -0.2) is 0 Å². The molecule has 0 amide bonds. The third-order valence-electron chi connectivity index (χ3n) is 4.39. The van der Waals surface area contributed by atoms with E-state index < -0.39 is 0 Å². The van der Waals surface area contributed by atoms with Gasteiger partial charge in [0.1, 0.15) is 12.3 Å². The van der Waals surface area contributed by atoms with Crippen molar-refractivity contribution < 1.29 is 10.1 Å². The van der Waals surface area contributed by atoms with Gasteiger partial charge in [-0.15, -0.1) is 0 Å². The van der Waals surface area contributed by atoms with Crippen molar-refractivity contribution in [2.45, 2.75) is 52.7 Å². The summed E-state index contributed by atoms with van der Waals surface area (Å²) >= 11 is 0. The zero-order valence-corrected chi connectivity index (χ0v) is 15.5. The van der Waals surface area contributed by atoms with Crippen molar-refractivity contribution in [3.8, 4) is 5.75 Å². The Morgan fingerprint density at radius 3 is 2.12 bits per heavy atom. The molecule has 0 radical (unpaired) electrons. The van der Waals surface area contributed by atoms with Crippen LogP contribution in [0.2, 0.25) is 0 Å². The fraction of sp³-hybridized carbons (Fsp3) is 0.455. The van der Waals surface area contributed by atoms with Gasteiger partial charge in [-0.1, -0.05) is 56.3 Å². The van der Waals surface area contributed by atoms with Gasteiger partial charge >= 0.3 is 0 Å². The van der Waals surface area contributed by atoms with Gasteiger partial charge in [0.2, 0.25) is 0 Å².